The summed E-state index contributed by atoms with van der Waals surface area (Å²) in [6, 6.07) is 2.03. The monoisotopic (exact) mass is 347 g/mol. The Morgan fingerprint density at radius 2 is 2.04 bits per heavy atom. The normalized spacial score (nSPS) is 22.4. The standard InChI is InChI=1S/C18H29N5O2/c1-13(2)15-11-16(21-18(19)20-15)17(24)23-6-4-3-5-14(23)12-22-7-9-25-10-8-22/h11,13-14H,3-10,12H2,1-2H3,(H2,19,20,21). The first-order valence-corrected chi connectivity index (χ1v) is 9.30. The lowest BCUT2D eigenvalue weighted by atomic mass is 10.0. The maximum atomic E-state index is 13.1. The van der Waals surface area contributed by atoms with Gasteiger partial charge < -0.3 is 15.4 Å². The number of likely N-dealkylation sites (tertiary alicyclic amines) is 1. The molecule has 2 aliphatic rings. The number of anilines is 1. The van der Waals surface area contributed by atoms with Gasteiger partial charge in [-0.1, -0.05) is 13.8 Å². The second kappa shape index (κ2) is 8.10. The number of piperidine rings is 1. The zero-order valence-corrected chi connectivity index (χ0v) is 15.3. The molecule has 0 bridgehead atoms. The van der Waals surface area contributed by atoms with Gasteiger partial charge in [-0.15, -0.1) is 0 Å². The topological polar surface area (TPSA) is 84.6 Å². The number of hydrogen-bond acceptors (Lipinski definition) is 6. The van der Waals surface area contributed by atoms with E-state index >= 15 is 0 Å². The molecule has 7 heteroatoms. The molecule has 2 aliphatic heterocycles. The molecular formula is C18H29N5O2. The summed E-state index contributed by atoms with van der Waals surface area (Å²) in [4.78, 5) is 26.0. The zero-order valence-electron chi connectivity index (χ0n) is 15.3. The Morgan fingerprint density at radius 1 is 1.28 bits per heavy atom. The molecule has 0 spiro atoms. The van der Waals surface area contributed by atoms with Crippen molar-refractivity contribution in [3.8, 4) is 0 Å². The molecule has 3 heterocycles. The van der Waals surface area contributed by atoms with Crippen LogP contribution in [0, 0.1) is 0 Å². The lowest BCUT2D eigenvalue weighted by Crippen LogP contribution is -2.51. The predicted molar refractivity (Wildman–Crippen MR) is 96.5 cm³/mol. The molecule has 1 amide bonds. The van der Waals surface area contributed by atoms with Gasteiger partial charge in [0.25, 0.3) is 5.91 Å². The Labute approximate surface area is 149 Å². The molecule has 0 aromatic carbocycles. The number of nitrogens with two attached hydrogens (primary N) is 1. The van der Waals surface area contributed by atoms with E-state index in [1.807, 2.05) is 18.7 Å². The van der Waals surface area contributed by atoms with Gasteiger partial charge in [0.15, 0.2) is 0 Å². The number of ether oxygens (including phenoxy) is 1. The van der Waals surface area contributed by atoms with Crippen LogP contribution in [0.25, 0.3) is 0 Å². The summed E-state index contributed by atoms with van der Waals surface area (Å²) in [7, 11) is 0. The van der Waals surface area contributed by atoms with Crippen molar-refractivity contribution in [2.45, 2.75) is 45.1 Å². The lowest BCUT2D eigenvalue weighted by Gasteiger charge is -2.39. The lowest BCUT2D eigenvalue weighted by molar-refractivity contribution is 0.0164. The van der Waals surface area contributed by atoms with Gasteiger partial charge in [-0.25, -0.2) is 9.97 Å². The molecule has 3 rings (SSSR count). The first kappa shape index (κ1) is 18.1. The van der Waals surface area contributed by atoms with Crippen LogP contribution in [-0.4, -0.2) is 71.1 Å². The predicted octanol–water partition coefficient (Wildman–Crippen LogP) is 1.51. The van der Waals surface area contributed by atoms with E-state index in [9.17, 15) is 4.79 Å². The first-order valence-electron chi connectivity index (χ1n) is 9.30. The van der Waals surface area contributed by atoms with Gasteiger partial charge in [0.2, 0.25) is 5.95 Å². The fourth-order valence-corrected chi connectivity index (χ4v) is 3.58. The van der Waals surface area contributed by atoms with E-state index in [2.05, 4.69) is 14.9 Å². The maximum absolute atomic E-state index is 13.1. The van der Waals surface area contributed by atoms with Gasteiger partial charge >= 0.3 is 0 Å². The minimum atomic E-state index is -0.0195. The number of carbonyl (C=O) groups excluding carboxylic acids is 1. The van der Waals surface area contributed by atoms with Crippen LogP contribution in [0.1, 0.15) is 55.2 Å². The molecule has 1 aromatic heterocycles. The Kier molecular flexibility index (Phi) is 5.86. The van der Waals surface area contributed by atoms with Crippen molar-refractivity contribution >= 4 is 11.9 Å². The number of amides is 1. The van der Waals surface area contributed by atoms with E-state index in [1.165, 1.54) is 6.42 Å². The number of nitrogens with zero attached hydrogens (tertiary/aromatic N) is 4. The second-order valence-corrected chi connectivity index (χ2v) is 7.25. The highest BCUT2D eigenvalue weighted by Crippen LogP contribution is 2.22. The van der Waals surface area contributed by atoms with Crippen LogP contribution >= 0.6 is 0 Å². The van der Waals surface area contributed by atoms with E-state index in [4.69, 9.17) is 10.5 Å². The molecule has 25 heavy (non-hydrogen) atoms. The fourth-order valence-electron chi connectivity index (χ4n) is 3.58. The quantitative estimate of drug-likeness (QED) is 0.889. The van der Waals surface area contributed by atoms with Crippen LogP contribution in [0.5, 0.6) is 0 Å². The molecule has 138 valence electrons. The van der Waals surface area contributed by atoms with Gasteiger partial charge in [0, 0.05) is 37.9 Å². The van der Waals surface area contributed by atoms with Gasteiger partial charge in [-0.05, 0) is 31.2 Å². The summed E-state index contributed by atoms with van der Waals surface area (Å²) < 4.78 is 5.43. The Morgan fingerprint density at radius 3 is 2.76 bits per heavy atom. The number of morpholine rings is 1. The van der Waals surface area contributed by atoms with Crippen molar-refractivity contribution in [1.82, 2.24) is 19.8 Å². The average Bonchev–Trinajstić information content (AvgIpc) is 2.62. The summed E-state index contributed by atoms with van der Waals surface area (Å²) in [6.07, 6.45) is 3.26. The Hall–Kier alpha value is -1.73. The van der Waals surface area contributed by atoms with Crippen LogP contribution < -0.4 is 5.73 Å². The summed E-state index contributed by atoms with van der Waals surface area (Å²) in [5.74, 6) is 0.368. The van der Waals surface area contributed by atoms with Gasteiger partial charge in [0.1, 0.15) is 5.69 Å². The van der Waals surface area contributed by atoms with E-state index < -0.39 is 0 Å². The van der Waals surface area contributed by atoms with Crippen LogP contribution in [0.15, 0.2) is 6.07 Å². The van der Waals surface area contributed by atoms with Crippen LogP contribution in [0.2, 0.25) is 0 Å². The molecule has 1 aromatic rings. The van der Waals surface area contributed by atoms with Crippen LogP contribution in [0.4, 0.5) is 5.95 Å². The Balaban J connectivity index is 1.76. The van der Waals surface area contributed by atoms with Crippen molar-refractivity contribution in [3.63, 3.8) is 0 Å². The number of nitrogen functional groups attached to an aromatic ring is 1. The molecule has 1 atom stereocenters. The molecule has 0 aliphatic carbocycles. The highest BCUT2D eigenvalue weighted by atomic mass is 16.5. The Bertz CT molecular complexity index is 601. The third-order valence-corrected chi connectivity index (χ3v) is 5.03. The summed E-state index contributed by atoms with van der Waals surface area (Å²) in [5, 5.41) is 0. The van der Waals surface area contributed by atoms with Crippen molar-refractivity contribution in [3.05, 3.63) is 17.5 Å². The number of hydrogen-bond donors (Lipinski definition) is 1. The minimum Gasteiger partial charge on any atom is -0.379 e. The van der Waals surface area contributed by atoms with Gasteiger partial charge in [0.05, 0.1) is 13.2 Å². The van der Waals surface area contributed by atoms with Gasteiger partial charge in [-0.2, -0.15) is 0 Å². The molecular weight excluding hydrogens is 318 g/mol. The zero-order chi connectivity index (χ0) is 17.8. The number of aromatic nitrogens is 2. The van der Waals surface area contributed by atoms with Gasteiger partial charge in [-0.3, -0.25) is 9.69 Å². The molecule has 2 fully saturated rings. The largest absolute Gasteiger partial charge is 0.379 e. The third kappa shape index (κ3) is 4.46. The maximum Gasteiger partial charge on any atom is 0.272 e. The molecule has 7 nitrogen and oxygen atoms in total. The smallest absolute Gasteiger partial charge is 0.272 e. The third-order valence-electron chi connectivity index (χ3n) is 5.03. The minimum absolute atomic E-state index is 0.0195. The molecule has 0 radical (unpaired) electrons. The molecule has 0 saturated carbocycles. The summed E-state index contributed by atoms with van der Waals surface area (Å²) >= 11 is 0. The highest BCUT2D eigenvalue weighted by molar-refractivity contribution is 5.93. The van der Waals surface area contributed by atoms with Crippen molar-refractivity contribution < 1.29 is 9.53 Å². The second-order valence-electron chi connectivity index (χ2n) is 7.25. The molecule has 1 unspecified atom stereocenters. The summed E-state index contributed by atoms with van der Waals surface area (Å²) in [5.41, 5.74) is 7.07. The number of carbonyl (C=O) groups is 1. The van der Waals surface area contributed by atoms with E-state index in [0.29, 0.717) is 5.69 Å². The fraction of sp³-hybridized carbons (Fsp3) is 0.722. The van der Waals surface area contributed by atoms with E-state index in [0.717, 1.165) is 57.9 Å². The molecule has 2 saturated heterocycles. The summed E-state index contributed by atoms with van der Waals surface area (Å²) in [6.45, 7) is 9.21. The van der Waals surface area contributed by atoms with Crippen molar-refractivity contribution in [1.29, 1.82) is 0 Å². The van der Waals surface area contributed by atoms with E-state index in [1.54, 1.807) is 6.07 Å². The number of rotatable bonds is 4. The van der Waals surface area contributed by atoms with Crippen LogP contribution in [-0.2, 0) is 4.74 Å². The van der Waals surface area contributed by atoms with Crippen LogP contribution in [0.3, 0.4) is 0 Å². The van der Waals surface area contributed by atoms with E-state index in [-0.39, 0.29) is 23.8 Å². The van der Waals surface area contributed by atoms with Crippen molar-refractivity contribution in [2.75, 3.05) is 45.1 Å². The average molecular weight is 347 g/mol. The SMILES string of the molecule is CC(C)c1cc(C(=O)N2CCCCC2CN2CCOCC2)nc(N)n1. The highest BCUT2D eigenvalue weighted by Gasteiger charge is 2.30. The van der Waals surface area contributed by atoms with Crippen molar-refractivity contribution in [2.24, 2.45) is 0 Å². The first-order chi connectivity index (χ1) is 12.0. The molecule has 2 N–H and O–H groups in total.